The van der Waals surface area contributed by atoms with E-state index in [4.69, 9.17) is 0 Å². The Hall–Kier alpha value is -0.910. The molecule has 0 aliphatic carbocycles. The van der Waals surface area contributed by atoms with Crippen LogP contribution in [0.15, 0.2) is 30.3 Å². The third kappa shape index (κ3) is 2.55. The number of benzene rings is 1. The van der Waals surface area contributed by atoms with E-state index in [2.05, 4.69) is 5.32 Å². The molecule has 2 fully saturated rings. The molecule has 1 aromatic rings. The van der Waals surface area contributed by atoms with Crippen LogP contribution in [0.25, 0.3) is 0 Å². The van der Waals surface area contributed by atoms with Gasteiger partial charge in [0.25, 0.3) is 0 Å². The highest BCUT2D eigenvalue weighted by Gasteiger charge is 2.45. The number of nitrogens with zero attached hydrogens (tertiary/aromatic N) is 1. The van der Waals surface area contributed by atoms with Crippen LogP contribution in [-0.4, -0.2) is 37.6 Å². The van der Waals surface area contributed by atoms with Gasteiger partial charge in [-0.2, -0.15) is 4.31 Å². The summed E-state index contributed by atoms with van der Waals surface area (Å²) in [5.74, 6) is 0.295. The molecule has 0 bridgehead atoms. The van der Waals surface area contributed by atoms with E-state index in [9.17, 15) is 8.42 Å². The van der Waals surface area contributed by atoms with Gasteiger partial charge in [-0.05, 0) is 37.4 Å². The molecule has 4 nitrogen and oxygen atoms in total. The molecule has 1 N–H and O–H groups in total. The molecular formula is C14H20N2O2S. The maximum atomic E-state index is 12.6. The minimum atomic E-state index is -3.12. The summed E-state index contributed by atoms with van der Waals surface area (Å²) in [6.45, 7) is 2.96. The van der Waals surface area contributed by atoms with Crippen LogP contribution in [0.5, 0.6) is 0 Å². The molecule has 1 aromatic carbocycles. The van der Waals surface area contributed by atoms with E-state index in [0.717, 1.165) is 31.5 Å². The lowest BCUT2D eigenvalue weighted by Gasteiger charge is -2.16. The quantitative estimate of drug-likeness (QED) is 0.885. The maximum Gasteiger partial charge on any atom is 0.217 e. The molecule has 2 atom stereocenters. The predicted molar refractivity (Wildman–Crippen MR) is 75.2 cm³/mol. The average molecular weight is 280 g/mol. The van der Waals surface area contributed by atoms with Gasteiger partial charge in [0, 0.05) is 13.1 Å². The average Bonchev–Trinajstić information content (AvgIpc) is 2.60. The number of nitrogens with one attached hydrogen (secondary N) is 1. The van der Waals surface area contributed by atoms with Gasteiger partial charge in [0.2, 0.25) is 10.0 Å². The smallest absolute Gasteiger partial charge is 0.217 e. The van der Waals surface area contributed by atoms with Crippen molar-refractivity contribution in [3.8, 4) is 0 Å². The van der Waals surface area contributed by atoms with E-state index in [0.29, 0.717) is 19.0 Å². The molecule has 104 valence electrons. The SMILES string of the molecule is O=S1(=O)[C@@H]2CCNCC[C@@H]2CN1Cc1ccccc1. The van der Waals surface area contributed by atoms with Crippen molar-refractivity contribution in [3.05, 3.63) is 35.9 Å². The van der Waals surface area contributed by atoms with Crippen LogP contribution in [0.1, 0.15) is 18.4 Å². The fraction of sp³-hybridized carbons (Fsp3) is 0.571. The molecule has 0 unspecified atom stereocenters. The number of rotatable bonds is 2. The highest BCUT2D eigenvalue weighted by Crippen LogP contribution is 2.33. The maximum absolute atomic E-state index is 12.6. The molecule has 2 heterocycles. The molecular weight excluding hydrogens is 260 g/mol. The van der Waals surface area contributed by atoms with Crippen LogP contribution in [0.2, 0.25) is 0 Å². The van der Waals surface area contributed by atoms with E-state index in [1.807, 2.05) is 30.3 Å². The van der Waals surface area contributed by atoms with E-state index in [-0.39, 0.29) is 5.25 Å². The van der Waals surface area contributed by atoms with Crippen LogP contribution in [-0.2, 0) is 16.6 Å². The summed E-state index contributed by atoms with van der Waals surface area (Å²) in [6.07, 6.45) is 1.72. The lowest BCUT2D eigenvalue weighted by Crippen LogP contribution is -2.30. The second-order valence-corrected chi connectivity index (χ2v) is 7.60. The summed E-state index contributed by atoms with van der Waals surface area (Å²) in [5, 5.41) is 3.12. The Kier molecular flexibility index (Phi) is 3.60. The van der Waals surface area contributed by atoms with Crippen molar-refractivity contribution in [3.63, 3.8) is 0 Å². The molecule has 19 heavy (non-hydrogen) atoms. The van der Waals surface area contributed by atoms with Gasteiger partial charge in [-0.3, -0.25) is 0 Å². The van der Waals surface area contributed by atoms with Crippen molar-refractivity contribution in [2.75, 3.05) is 19.6 Å². The molecule has 2 aliphatic rings. The topological polar surface area (TPSA) is 49.4 Å². The van der Waals surface area contributed by atoms with Gasteiger partial charge in [0.1, 0.15) is 0 Å². The molecule has 3 rings (SSSR count). The van der Waals surface area contributed by atoms with Gasteiger partial charge in [0.05, 0.1) is 5.25 Å². The Morgan fingerprint density at radius 1 is 1.16 bits per heavy atom. The van der Waals surface area contributed by atoms with E-state index in [1.54, 1.807) is 4.31 Å². The Balaban J connectivity index is 1.80. The molecule has 0 saturated carbocycles. The second kappa shape index (κ2) is 5.23. The highest BCUT2D eigenvalue weighted by atomic mass is 32.2. The summed E-state index contributed by atoms with van der Waals surface area (Å²) in [5.41, 5.74) is 1.07. The van der Waals surface area contributed by atoms with Gasteiger partial charge < -0.3 is 5.32 Å². The molecule has 0 radical (unpaired) electrons. The van der Waals surface area contributed by atoms with Gasteiger partial charge in [-0.15, -0.1) is 0 Å². The normalized spacial score (nSPS) is 30.7. The Morgan fingerprint density at radius 2 is 1.89 bits per heavy atom. The monoisotopic (exact) mass is 280 g/mol. The number of hydrogen-bond acceptors (Lipinski definition) is 3. The van der Waals surface area contributed by atoms with Gasteiger partial charge in [-0.25, -0.2) is 8.42 Å². The third-order valence-electron chi connectivity index (χ3n) is 4.21. The zero-order valence-corrected chi connectivity index (χ0v) is 11.8. The second-order valence-electron chi connectivity index (χ2n) is 5.45. The summed E-state index contributed by atoms with van der Waals surface area (Å²) in [7, 11) is -3.12. The zero-order chi connectivity index (χ0) is 13.3. The van der Waals surface area contributed by atoms with Crippen LogP contribution in [0.3, 0.4) is 0 Å². The molecule has 0 amide bonds. The minimum Gasteiger partial charge on any atom is -0.317 e. The Labute approximate surface area is 114 Å². The van der Waals surface area contributed by atoms with E-state index >= 15 is 0 Å². The molecule has 5 heteroatoms. The summed E-state index contributed by atoms with van der Waals surface area (Å²) in [6, 6.07) is 9.86. The van der Waals surface area contributed by atoms with Crippen LogP contribution >= 0.6 is 0 Å². The van der Waals surface area contributed by atoms with E-state index in [1.165, 1.54) is 0 Å². The minimum absolute atomic E-state index is 0.175. The fourth-order valence-corrected chi connectivity index (χ4v) is 5.41. The summed E-state index contributed by atoms with van der Waals surface area (Å²) >= 11 is 0. The summed E-state index contributed by atoms with van der Waals surface area (Å²) in [4.78, 5) is 0. The predicted octanol–water partition coefficient (Wildman–Crippen LogP) is 1.20. The first-order valence-electron chi connectivity index (χ1n) is 6.91. The van der Waals surface area contributed by atoms with Gasteiger partial charge >= 0.3 is 0 Å². The van der Waals surface area contributed by atoms with Crippen molar-refractivity contribution in [1.82, 2.24) is 9.62 Å². The first-order valence-corrected chi connectivity index (χ1v) is 8.42. The van der Waals surface area contributed by atoms with Gasteiger partial charge in [0.15, 0.2) is 0 Å². The summed E-state index contributed by atoms with van der Waals surface area (Å²) < 4.78 is 26.8. The van der Waals surface area contributed by atoms with Crippen LogP contribution in [0, 0.1) is 5.92 Å². The standard InChI is InChI=1S/C14H20N2O2S/c17-19(18)14-7-9-15-8-6-13(14)11-16(19)10-12-4-2-1-3-5-12/h1-5,13-15H,6-11H2/t13-,14-/m1/s1. The number of fused-ring (bicyclic) bond motifs is 1. The molecule has 0 spiro atoms. The zero-order valence-electron chi connectivity index (χ0n) is 11.0. The van der Waals surface area contributed by atoms with Crippen LogP contribution in [0.4, 0.5) is 0 Å². The third-order valence-corrected chi connectivity index (χ3v) is 6.59. The fourth-order valence-electron chi connectivity index (χ4n) is 3.18. The lowest BCUT2D eigenvalue weighted by atomic mass is 10.0. The molecule has 0 aromatic heterocycles. The van der Waals surface area contributed by atoms with Crippen LogP contribution < -0.4 is 5.32 Å². The first kappa shape index (κ1) is 13.1. The van der Waals surface area contributed by atoms with Gasteiger partial charge in [-0.1, -0.05) is 30.3 Å². The van der Waals surface area contributed by atoms with Crippen molar-refractivity contribution >= 4 is 10.0 Å². The first-order chi connectivity index (χ1) is 9.18. The highest BCUT2D eigenvalue weighted by molar-refractivity contribution is 7.90. The Bertz CT molecular complexity index is 530. The van der Waals surface area contributed by atoms with Crippen molar-refractivity contribution < 1.29 is 8.42 Å². The van der Waals surface area contributed by atoms with Crippen molar-refractivity contribution in [2.24, 2.45) is 5.92 Å². The number of hydrogen-bond donors (Lipinski definition) is 1. The molecule has 2 saturated heterocycles. The van der Waals surface area contributed by atoms with Crippen molar-refractivity contribution in [1.29, 1.82) is 0 Å². The largest absolute Gasteiger partial charge is 0.317 e. The van der Waals surface area contributed by atoms with E-state index < -0.39 is 10.0 Å². The molecule has 2 aliphatic heterocycles. The lowest BCUT2D eigenvalue weighted by molar-refractivity contribution is 0.380. The number of sulfonamides is 1. The van der Waals surface area contributed by atoms with Crippen molar-refractivity contribution in [2.45, 2.75) is 24.6 Å². The Morgan fingerprint density at radius 3 is 2.68 bits per heavy atom.